The second-order valence-corrected chi connectivity index (χ2v) is 5.90. The number of aliphatic hydroxyl groups excluding tert-OH is 4. The largest absolute Gasteiger partial charge is 0.493 e. The van der Waals surface area contributed by atoms with Crippen LogP contribution >= 0.6 is 12.2 Å². The lowest BCUT2D eigenvalue weighted by atomic mass is 9.99. The van der Waals surface area contributed by atoms with E-state index < -0.39 is 37.3 Å². The zero-order valence-electron chi connectivity index (χ0n) is 13.8. The fourth-order valence-electron chi connectivity index (χ4n) is 2.32. The molecule has 0 aliphatic carbocycles. The van der Waals surface area contributed by atoms with Gasteiger partial charge in [0.25, 0.3) is 0 Å². The molecule has 26 heavy (non-hydrogen) atoms. The van der Waals surface area contributed by atoms with Crippen molar-refractivity contribution in [2.45, 2.75) is 30.7 Å². The molecule has 0 amide bonds. The van der Waals surface area contributed by atoms with Gasteiger partial charge in [0, 0.05) is 0 Å². The first-order valence-electron chi connectivity index (χ1n) is 7.61. The first kappa shape index (κ1) is 20.3. The Morgan fingerprint density at radius 2 is 2.04 bits per heavy atom. The number of thiocarbonyl (C=S) groups is 1. The maximum absolute atomic E-state index is 10.0. The standard InChI is InChI=1S/C15H21N3O7S/c1-23-9-4-7(5-17-18-15(16)26)2-3-8(9)24-14-13(22)12(21)11(20)10(6-19)25-14/h2-5,10-14,19-22H,6H2,1H3,(H3,16,18,26)/b17-5+/t10-,11-,12+,13-,14-/m1/s1. The van der Waals surface area contributed by atoms with Crippen molar-refractivity contribution in [1.29, 1.82) is 0 Å². The smallest absolute Gasteiger partial charge is 0.229 e. The van der Waals surface area contributed by atoms with Crippen molar-refractivity contribution in [3.8, 4) is 11.5 Å². The lowest BCUT2D eigenvalue weighted by Crippen LogP contribution is -2.60. The van der Waals surface area contributed by atoms with E-state index in [2.05, 4.69) is 22.7 Å². The van der Waals surface area contributed by atoms with Gasteiger partial charge in [-0.3, -0.25) is 5.43 Å². The quantitative estimate of drug-likeness (QED) is 0.184. The molecule has 1 aromatic rings. The highest BCUT2D eigenvalue weighted by molar-refractivity contribution is 7.80. The summed E-state index contributed by atoms with van der Waals surface area (Å²) in [6.45, 7) is -0.548. The van der Waals surface area contributed by atoms with Gasteiger partial charge in [-0.2, -0.15) is 5.10 Å². The van der Waals surface area contributed by atoms with Gasteiger partial charge in [-0.15, -0.1) is 0 Å². The monoisotopic (exact) mass is 387 g/mol. The molecule has 1 aromatic carbocycles. The van der Waals surface area contributed by atoms with Crippen LogP contribution in [0.5, 0.6) is 11.5 Å². The summed E-state index contributed by atoms with van der Waals surface area (Å²) in [4.78, 5) is 0. The third kappa shape index (κ3) is 4.78. The SMILES string of the molecule is COc1cc(/C=N/NC(N)=S)ccc1O[C@@H]1O[C@H](CO)[C@@H](O)[C@H](O)[C@H]1O. The van der Waals surface area contributed by atoms with Crippen molar-refractivity contribution in [1.82, 2.24) is 5.43 Å². The zero-order chi connectivity index (χ0) is 19.3. The van der Waals surface area contributed by atoms with Crippen LogP contribution in [0.25, 0.3) is 0 Å². The Morgan fingerprint density at radius 3 is 2.65 bits per heavy atom. The predicted molar refractivity (Wildman–Crippen MR) is 94.9 cm³/mol. The molecular formula is C15H21N3O7S. The van der Waals surface area contributed by atoms with Gasteiger partial charge in [-0.1, -0.05) is 0 Å². The minimum Gasteiger partial charge on any atom is -0.493 e. The second kappa shape index (κ2) is 9.07. The number of nitrogens with two attached hydrogens (primary N) is 1. The van der Waals surface area contributed by atoms with Gasteiger partial charge in [-0.25, -0.2) is 0 Å². The van der Waals surface area contributed by atoms with Crippen LogP contribution in [0.4, 0.5) is 0 Å². The summed E-state index contributed by atoms with van der Waals surface area (Å²) in [7, 11) is 1.42. The molecule has 1 saturated heterocycles. The van der Waals surface area contributed by atoms with E-state index in [1.807, 2.05) is 0 Å². The van der Waals surface area contributed by atoms with E-state index in [0.717, 1.165) is 0 Å². The lowest BCUT2D eigenvalue weighted by Gasteiger charge is -2.39. The first-order chi connectivity index (χ1) is 12.4. The molecule has 1 aliphatic heterocycles. The summed E-state index contributed by atoms with van der Waals surface area (Å²) in [6.07, 6.45) is -5.43. The van der Waals surface area contributed by atoms with Crippen molar-refractivity contribution < 1.29 is 34.6 Å². The van der Waals surface area contributed by atoms with Gasteiger partial charge in [-0.05, 0) is 36.0 Å². The number of benzene rings is 1. The maximum Gasteiger partial charge on any atom is 0.229 e. The van der Waals surface area contributed by atoms with Gasteiger partial charge in [0.1, 0.15) is 24.4 Å². The van der Waals surface area contributed by atoms with Crippen LogP contribution < -0.4 is 20.6 Å². The number of rotatable bonds is 6. The minimum absolute atomic E-state index is 0.0239. The summed E-state index contributed by atoms with van der Waals surface area (Å²) in [5, 5.41) is 42.7. The highest BCUT2D eigenvalue weighted by Crippen LogP contribution is 2.31. The molecule has 5 atom stereocenters. The average molecular weight is 387 g/mol. The lowest BCUT2D eigenvalue weighted by molar-refractivity contribution is -0.277. The third-order valence-electron chi connectivity index (χ3n) is 3.67. The number of methoxy groups -OCH3 is 1. The van der Waals surface area contributed by atoms with Crippen LogP contribution in [0.2, 0.25) is 0 Å². The summed E-state index contributed by atoms with van der Waals surface area (Å²) >= 11 is 4.63. The van der Waals surface area contributed by atoms with Gasteiger partial charge < -0.3 is 40.4 Å². The highest BCUT2D eigenvalue weighted by Gasteiger charge is 2.44. The number of hydrogen-bond acceptors (Lipinski definition) is 9. The molecule has 0 saturated carbocycles. The molecule has 10 nitrogen and oxygen atoms in total. The molecule has 11 heteroatoms. The van der Waals surface area contributed by atoms with Crippen LogP contribution in [0.1, 0.15) is 5.56 Å². The Balaban J connectivity index is 2.15. The Morgan fingerprint density at radius 1 is 1.31 bits per heavy atom. The van der Waals surface area contributed by atoms with E-state index in [0.29, 0.717) is 11.3 Å². The Kier molecular flexibility index (Phi) is 7.08. The van der Waals surface area contributed by atoms with Gasteiger partial charge >= 0.3 is 0 Å². The average Bonchev–Trinajstić information content (AvgIpc) is 2.62. The Labute approximate surface area is 154 Å². The van der Waals surface area contributed by atoms with Crippen LogP contribution in [0, 0.1) is 0 Å². The number of hydrazone groups is 1. The fraction of sp³-hybridized carbons (Fsp3) is 0.467. The molecule has 0 radical (unpaired) electrons. The molecule has 1 fully saturated rings. The molecule has 2 rings (SSSR count). The summed E-state index contributed by atoms with van der Waals surface area (Å²) in [5.41, 5.74) is 8.33. The molecule has 7 N–H and O–H groups in total. The topological polar surface area (TPSA) is 159 Å². The molecule has 0 spiro atoms. The molecular weight excluding hydrogens is 366 g/mol. The molecule has 0 unspecified atom stereocenters. The predicted octanol–water partition coefficient (Wildman–Crippen LogP) is -1.96. The first-order valence-corrected chi connectivity index (χ1v) is 8.02. The van der Waals surface area contributed by atoms with Crippen molar-refractivity contribution >= 4 is 23.5 Å². The summed E-state index contributed by atoms with van der Waals surface area (Å²) < 4.78 is 16.1. The zero-order valence-corrected chi connectivity index (χ0v) is 14.7. The summed E-state index contributed by atoms with van der Waals surface area (Å²) in [5.74, 6) is 0.525. The second-order valence-electron chi connectivity index (χ2n) is 5.46. The van der Waals surface area contributed by atoms with Crippen LogP contribution in [-0.2, 0) is 4.74 Å². The van der Waals surface area contributed by atoms with Crippen molar-refractivity contribution in [2.24, 2.45) is 10.8 Å². The number of ether oxygens (including phenoxy) is 3. The normalized spacial score (nSPS) is 28.7. The Hall–Kier alpha value is -2.02. The van der Waals surface area contributed by atoms with Gasteiger partial charge in [0.2, 0.25) is 6.29 Å². The van der Waals surface area contributed by atoms with Crippen LogP contribution in [0.15, 0.2) is 23.3 Å². The Bertz CT molecular complexity index is 658. The van der Waals surface area contributed by atoms with Crippen molar-refractivity contribution in [3.05, 3.63) is 23.8 Å². The van der Waals surface area contributed by atoms with Gasteiger partial charge in [0.05, 0.1) is 19.9 Å². The van der Waals surface area contributed by atoms with Crippen molar-refractivity contribution in [2.75, 3.05) is 13.7 Å². The summed E-state index contributed by atoms with van der Waals surface area (Å²) in [6, 6.07) is 4.79. The molecule has 144 valence electrons. The molecule has 1 aliphatic rings. The third-order valence-corrected chi connectivity index (χ3v) is 3.76. The number of aliphatic hydroxyl groups is 4. The van der Waals surface area contributed by atoms with E-state index in [4.69, 9.17) is 19.9 Å². The molecule has 0 bridgehead atoms. The van der Waals surface area contributed by atoms with E-state index in [1.165, 1.54) is 13.3 Å². The number of hydrogen-bond donors (Lipinski definition) is 6. The molecule has 1 heterocycles. The van der Waals surface area contributed by atoms with Gasteiger partial charge in [0.15, 0.2) is 16.6 Å². The van der Waals surface area contributed by atoms with Crippen LogP contribution in [-0.4, -0.2) is 76.2 Å². The minimum atomic E-state index is -1.53. The van der Waals surface area contributed by atoms with Crippen LogP contribution in [0.3, 0.4) is 0 Å². The highest BCUT2D eigenvalue weighted by atomic mass is 32.1. The number of nitrogens with one attached hydrogen (secondary N) is 1. The van der Waals surface area contributed by atoms with E-state index in [9.17, 15) is 20.4 Å². The van der Waals surface area contributed by atoms with E-state index in [1.54, 1.807) is 18.2 Å². The van der Waals surface area contributed by atoms with E-state index >= 15 is 0 Å². The molecule has 0 aromatic heterocycles. The fourth-order valence-corrected chi connectivity index (χ4v) is 2.37. The van der Waals surface area contributed by atoms with E-state index in [-0.39, 0.29) is 10.9 Å². The maximum atomic E-state index is 10.0. The number of nitrogens with zero attached hydrogens (tertiary/aromatic N) is 1. The van der Waals surface area contributed by atoms with Crippen molar-refractivity contribution in [3.63, 3.8) is 0 Å².